The van der Waals surface area contributed by atoms with Crippen molar-refractivity contribution in [3.8, 4) is 5.82 Å². The Balaban J connectivity index is 0.00000272. The third kappa shape index (κ3) is 5.37. The molecule has 12 heteroatoms. The van der Waals surface area contributed by atoms with Crippen molar-refractivity contribution in [2.75, 3.05) is 25.0 Å². The summed E-state index contributed by atoms with van der Waals surface area (Å²) in [6, 6.07) is 9.90. The molecule has 1 atom stereocenters. The highest BCUT2D eigenvalue weighted by atomic mass is 35.5. The molecule has 2 N–H and O–H groups in total. The lowest BCUT2D eigenvalue weighted by Gasteiger charge is -2.24. The lowest BCUT2D eigenvalue weighted by molar-refractivity contribution is -0.145. The molecule has 1 aliphatic heterocycles. The fraction of sp³-hybridized carbons (Fsp3) is 0.263. The van der Waals surface area contributed by atoms with Crippen LogP contribution in [0.5, 0.6) is 0 Å². The van der Waals surface area contributed by atoms with Crippen LogP contribution in [0, 0.1) is 0 Å². The predicted octanol–water partition coefficient (Wildman–Crippen LogP) is 3.02. The van der Waals surface area contributed by atoms with Gasteiger partial charge in [-0.15, -0.1) is 12.4 Å². The summed E-state index contributed by atoms with van der Waals surface area (Å²) in [6.45, 7) is 2.19. The number of ether oxygens (including phenoxy) is 1. The molecule has 164 valence electrons. The van der Waals surface area contributed by atoms with Crippen molar-refractivity contribution in [1.82, 2.24) is 25.1 Å². The molecule has 0 saturated carbocycles. The summed E-state index contributed by atoms with van der Waals surface area (Å²) >= 11 is 0. The number of rotatable bonds is 4. The van der Waals surface area contributed by atoms with Crippen molar-refractivity contribution in [3.05, 3.63) is 65.9 Å². The van der Waals surface area contributed by atoms with Crippen LogP contribution in [-0.4, -0.2) is 45.4 Å². The monoisotopic (exact) mass is 454 g/mol. The number of aromatic nitrogens is 4. The van der Waals surface area contributed by atoms with Crippen LogP contribution in [0.4, 0.5) is 18.9 Å². The number of carbonyl (C=O) groups excluding carboxylic acids is 1. The maximum absolute atomic E-state index is 12.8. The molecule has 0 bridgehead atoms. The Kier molecular flexibility index (Phi) is 6.88. The van der Waals surface area contributed by atoms with Crippen molar-refractivity contribution in [2.24, 2.45) is 0 Å². The van der Waals surface area contributed by atoms with Gasteiger partial charge in [0.25, 0.3) is 5.91 Å². The number of amides is 1. The lowest BCUT2D eigenvalue weighted by Crippen LogP contribution is -2.33. The number of benzene rings is 1. The molecule has 0 unspecified atom stereocenters. The molecule has 8 nitrogen and oxygen atoms in total. The number of hydrogen-bond donors (Lipinski definition) is 2. The summed E-state index contributed by atoms with van der Waals surface area (Å²) in [5, 5.41) is 9.97. The van der Waals surface area contributed by atoms with E-state index in [0.29, 0.717) is 12.3 Å². The number of alkyl halides is 3. The van der Waals surface area contributed by atoms with Gasteiger partial charge in [-0.05, 0) is 23.8 Å². The van der Waals surface area contributed by atoms with Gasteiger partial charge in [-0.25, -0.2) is 14.6 Å². The van der Waals surface area contributed by atoms with E-state index < -0.39 is 17.9 Å². The highest BCUT2D eigenvalue weighted by Gasteiger charge is 2.34. The minimum Gasteiger partial charge on any atom is -0.371 e. The van der Waals surface area contributed by atoms with E-state index in [9.17, 15) is 18.0 Å². The molecule has 1 amide bonds. The fourth-order valence-electron chi connectivity index (χ4n) is 2.94. The molecule has 0 aliphatic carbocycles. The Morgan fingerprint density at radius 1 is 1.19 bits per heavy atom. The van der Waals surface area contributed by atoms with Crippen molar-refractivity contribution < 1.29 is 22.7 Å². The van der Waals surface area contributed by atoms with Gasteiger partial charge in [-0.3, -0.25) is 4.79 Å². The van der Waals surface area contributed by atoms with Crippen molar-refractivity contribution >= 4 is 24.0 Å². The van der Waals surface area contributed by atoms with E-state index in [4.69, 9.17) is 4.74 Å². The summed E-state index contributed by atoms with van der Waals surface area (Å²) in [5.74, 6) is -1.87. The Labute approximate surface area is 181 Å². The molecule has 2 aromatic heterocycles. The first-order chi connectivity index (χ1) is 14.4. The fourth-order valence-corrected chi connectivity index (χ4v) is 2.94. The molecule has 1 saturated heterocycles. The second kappa shape index (κ2) is 9.41. The van der Waals surface area contributed by atoms with Gasteiger partial charge in [-0.2, -0.15) is 18.3 Å². The topological polar surface area (TPSA) is 94.0 Å². The molecule has 31 heavy (non-hydrogen) atoms. The quantitative estimate of drug-likeness (QED) is 0.629. The second-order valence-electron chi connectivity index (χ2n) is 6.52. The van der Waals surface area contributed by atoms with Crippen LogP contribution in [-0.2, 0) is 10.9 Å². The third-order valence-electron chi connectivity index (χ3n) is 4.42. The molecular weight excluding hydrogens is 437 g/mol. The molecule has 0 radical (unpaired) electrons. The van der Waals surface area contributed by atoms with Crippen molar-refractivity contribution in [2.45, 2.75) is 12.3 Å². The second-order valence-corrected chi connectivity index (χ2v) is 6.52. The standard InChI is InChI=1S/C19H17F3N6O2.ClH/c20-19(21,22)18-24-7-5-16(26-18)28-9-6-14(27-28)17(29)25-13-3-1-12(2-4-13)15-11-23-8-10-30-15;/h1-7,9,15,23H,8,10-11H2,(H,25,29);1H/t15-;/m1./s1. The number of carbonyl (C=O) groups is 1. The average molecular weight is 455 g/mol. The first-order valence-electron chi connectivity index (χ1n) is 9.10. The maximum Gasteiger partial charge on any atom is 0.451 e. The largest absolute Gasteiger partial charge is 0.451 e. The Bertz CT molecular complexity index is 1040. The summed E-state index contributed by atoms with van der Waals surface area (Å²) in [7, 11) is 0. The summed E-state index contributed by atoms with van der Waals surface area (Å²) in [4.78, 5) is 19.1. The summed E-state index contributed by atoms with van der Waals surface area (Å²) in [5.41, 5.74) is 1.59. The number of morpholine rings is 1. The smallest absolute Gasteiger partial charge is 0.371 e. The van der Waals surface area contributed by atoms with Gasteiger partial charge in [0.05, 0.1) is 12.7 Å². The number of nitrogens with one attached hydrogen (secondary N) is 2. The van der Waals surface area contributed by atoms with Gasteiger partial charge in [0.2, 0.25) is 5.82 Å². The minimum absolute atomic E-state index is 0. The first-order valence-corrected chi connectivity index (χ1v) is 9.10. The third-order valence-corrected chi connectivity index (χ3v) is 4.42. The van der Waals surface area contributed by atoms with Gasteiger partial charge in [-0.1, -0.05) is 12.1 Å². The van der Waals surface area contributed by atoms with Gasteiger partial charge in [0.1, 0.15) is 0 Å². The maximum atomic E-state index is 12.8. The lowest BCUT2D eigenvalue weighted by atomic mass is 10.1. The van der Waals surface area contributed by atoms with E-state index in [2.05, 4.69) is 25.7 Å². The molecule has 4 rings (SSSR count). The van der Waals surface area contributed by atoms with Crippen LogP contribution in [0.2, 0.25) is 0 Å². The SMILES string of the molecule is Cl.O=C(Nc1ccc([C@H]2CNCCO2)cc1)c1ccn(-c2ccnc(C(F)(F)F)n2)n1. The Hall–Kier alpha value is -3.02. The van der Waals surface area contributed by atoms with Crippen molar-refractivity contribution in [1.29, 1.82) is 0 Å². The average Bonchev–Trinajstić information content (AvgIpc) is 3.25. The van der Waals surface area contributed by atoms with Gasteiger partial charge < -0.3 is 15.4 Å². The summed E-state index contributed by atoms with van der Waals surface area (Å²) < 4.78 is 45.1. The highest BCUT2D eigenvalue weighted by molar-refractivity contribution is 6.02. The van der Waals surface area contributed by atoms with E-state index >= 15 is 0 Å². The predicted molar refractivity (Wildman–Crippen MR) is 107 cm³/mol. The minimum atomic E-state index is -4.67. The van der Waals surface area contributed by atoms with Gasteiger partial charge in [0, 0.05) is 37.2 Å². The number of anilines is 1. The van der Waals surface area contributed by atoms with Crippen LogP contribution in [0.15, 0.2) is 48.8 Å². The molecule has 3 aromatic rings. The molecule has 3 heterocycles. The van der Waals surface area contributed by atoms with E-state index in [1.165, 1.54) is 18.3 Å². The zero-order valence-corrected chi connectivity index (χ0v) is 16.8. The number of halogens is 4. The zero-order chi connectivity index (χ0) is 21.1. The molecule has 0 spiro atoms. The molecule has 1 aromatic carbocycles. The van der Waals surface area contributed by atoms with Gasteiger partial charge >= 0.3 is 6.18 Å². The van der Waals surface area contributed by atoms with E-state index in [-0.39, 0.29) is 30.0 Å². The van der Waals surface area contributed by atoms with E-state index in [1.807, 2.05) is 12.1 Å². The van der Waals surface area contributed by atoms with E-state index in [0.717, 1.165) is 29.5 Å². The number of nitrogens with zero attached hydrogens (tertiary/aromatic N) is 4. The number of hydrogen-bond acceptors (Lipinski definition) is 6. The van der Waals surface area contributed by atoms with E-state index in [1.54, 1.807) is 12.1 Å². The highest BCUT2D eigenvalue weighted by Crippen LogP contribution is 2.26. The zero-order valence-electron chi connectivity index (χ0n) is 16.0. The normalized spacial score (nSPS) is 16.4. The van der Waals surface area contributed by atoms with Crippen LogP contribution >= 0.6 is 12.4 Å². The van der Waals surface area contributed by atoms with Crippen LogP contribution in [0.1, 0.15) is 28.0 Å². The van der Waals surface area contributed by atoms with Crippen LogP contribution in [0.3, 0.4) is 0 Å². The van der Waals surface area contributed by atoms with Gasteiger partial charge in [0.15, 0.2) is 11.5 Å². The van der Waals surface area contributed by atoms with Crippen LogP contribution < -0.4 is 10.6 Å². The van der Waals surface area contributed by atoms with Crippen LogP contribution in [0.25, 0.3) is 5.82 Å². The molecule has 1 aliphatic rings. The Morgan fingerprint density at radius 3 is 2.65 bits per heavy atom. The summed E-state index contributed by atoms with van der Waals surface area (Å²) in [6.07, 6.45) is -2.37. The molecular formula is C19H18ClF3N6O2. The molecule has 1 fully saturated rings. The first kappa shape index (κ1) is 22.7. The van der Waals surface area contributed by atoms with Crippen molar-refractivity contribution in [3.63, 3.8) is 0 Å². The Morgan fingerprint density at radius 2 is 1.97 bits per heavy atom.